The van der Waals surface area contributed by atoms with Gasteiger partial charge in [0.25, 0.3) is 0 Å². The number of carbonyl (C=O) groups is 1. The zero-order valence-electron chi connectivity index (χ0n) is 12.7. The van der Waals surface area contributed by atoms with Crippen molar-refractivity contribution in [2.45, 2.75) is 38.2 Å². The average Bonchev–Trinajstić information content (AvgIpc) is 2.44. The predicted molar refractivity (Wildman–Crippen MR) is 80.5 cm³/mol. The van der Waals surface area contributed by atoms with Crippen LogP contribution in [0.2, 0.25) is 0 Å². The predicted octanol–water partition coefficient (Wildman–Crippen LogP) is 2.94. The van der Waals surface area contributed by atoms with Crippen molar-refractivity contribution in [3.63, 3.8) is 0 Å². The Morgan fingerprint density at radius 1 is 1.39 bits per heavy atom. The highest BCUT2D eigenvalue weighted by Crippen LogP contribution is 2.27. The molecule has 2 rings (SSSR count). The summed E-state index contributed by atoms with van der Waals surface area (Å²) in [5.41, 5.74) is 6.05. The van der Waals surface area contributed by atoms with E-state index in [4.69, 9.17) is 5.73 Å². The van der Waals surface area contributed by atoms with Gasteiger partial charge < -0.3 is 15.4 Å². The molecule has 0 bridgehead atoms. The van der Waals surface area contributed by atoms with Crippen molar-refractivity contribution in [1.29, 1.82) is 0 Å². The Balaban J connectivity index is 2.09. The van der Waals surface area contributed by atoms with Crippen LogP contribution in [0, 0.1) is 0 Å². The first kappa shape index (κ1) is 17.3. The first-order valence-electron chi connectivity index (χ1n) is 7.35. The second-order valence-corrected chi connectivity index (χ2v) is 5.58. The van der Waals surface area contributed by atoms with Gasteiger partial charge in [0.05, 0.1) is 0 Å². The number of likely N-dealkylation sites (tertiary alicyclic amines) is 1. The molecular weight excluding hydrogens is 309 g/mol. The van der Waals surface area contributed by atoms with Gasteiger partial charge in [0.1, 0.15) is 5.75 Å². The van der Waals surface area contributed by atoms with Gasteiger partial charge in [-0.15, -0.1) is 13.2 Å². The van der Waals surface area contributed by atoms with Gasteiger partial charge in [-0.1, -0.05) is 18.2 Å². The minimum Gasteiger partial charge on any atom is -0.405 e. The highest BCUT2D eigenvalue weighted by molar-refractivity contribution is 5.92. The number of amides is 1. The van der Waals surface area contributed by atoms with E-state index in [1.807, 2.05) is 6.92 Å². The Hall–Kier alpha value is -2.02. The number of hydrogen-bond donors (Lipinski definition) is 1. The van der Waals surface area contributed by atoms with Gasteiger partial charge in [0, 0.05) is 30.3 Å². The van der Waals surface area contributed by atoms with Gasteiger partial charge in [-0.05, 0) is 31.9 Å². The Morgan fingerprint density at radius 2 is 2.09 bits per heavy atom. The molecule has 0 aliphatic carbocycles. The lowest BCUT2D eigenvalue weighted by molar-refractivity contribution is -0.274. The summed E-state index contributed by atoms with van der Waals surface area (Å²) in [7, 11) is 0. The van der Waals surface area contributed by atoms with Crippen LogP contribution in [0.4, 0.5) is 13.2 Å². The maximum absolute atomic E-state index is 12.4. The summed E-state index contributed by atoms with van der Waals surface area (Å²) < 4.78 is 41.0. The molecule has 2 N–H and O–H groups in total. The highest BCUT2D eigenvalue weighted by Gasteiger charge is 2.32. The molecule has 1 amide bonds. The summed E-state index contributed by atoms with van der Waals surface area (Å²) in [5, 5.41) is 0. The number of rotatable bonds is 3. The van der Waals surface area contributed by atoms with Crippen molar-refractivity contribution in [2.75, 3.05) is 6.54 Å². The van der Waals surface area contributed by atoms with Crippen LogP contribution in [0.3, 0.4) is 0 Å². The normalized spacial score (nSPS) is 22.4. The van der Waals surface area contributed by atoms with Crippen LogP contribution >= 0.6 is 0 Å². The standard InChI is InChI=1S/C16H19F3N2O2/c1-11-10-13(20)8-9-21(11)15(22)7-6-12-4-2-3-5-14(12)23-16(17,18)19/h2-7,11,13H,8-10,20H2,1H3. The maximum atomic E-state index is 12.4. The fraction of sp³-hybridized carbons (Fsp3) is 0.438. The van der Waals surface area contributed by atoms with Crippen molar-refractivity contribution < 1.29 is 22.7 Å². The van der Waals surface area contributed by atoms with Crippen LogP contribution in [-0.2, 0) is 4.79 Å². The molecule has 1 aliphatic rings. The molecule has 1 aliphatic heterocycles. The van der Waals surface area contributed by atoms with Crippen molar-refractivity contribution in [3.8, 4) is 5.75 Å². The van der Waals surface area contributed by atoms with Gasteiger partial charge in [0.15, 0.2) is 0 Å². The number of ether oxygens (including phenoxy) is 1. The Morgan fingerprint density at radius 3 is 2.74 bits per heavy atom. The van der Waals surface area contributed by atoms with Gasteiger partial charge in [-0.2, -0.15) is 0 Å². The van der Waals surface area contributed by atoms with Crippen LogP contribution in [0.15, 0.2) is 30.3 Å². The first-order chi connectivity index (χ1) is 10.8. The molecule has 1 saturated heterocycles. The minimum absolute atomic E-state index is 0.0116. The molecule has 2 atom stereocenters. The molecule has 0 spiro atoms. The van der Waals surface area contributed by atoms with Gasteiger partial charge in [-0.3, -0.25) is 4.79 Å². The Kier molecular flexibility index (Phi) is 5.30. The minimum atomic E-state index is -4.77. The second kappa shape index (κ2) is 7.04. The quantitative estimate of drug-likeness (QED) is 0.868. The summed E-state index contributed by atoms with van der Waals surface area (Å²) in [6.45, 7) is 2.46. The molecule has 2 unspecified atom stereocenters. The number of piperidine rings is 1. The second-order valence-electron chi connectivity index (χ2n) is 5.58. The van der Waals surface area contributed by atoms with E-state index in [9.17, 15) is 18.0 Å². The largest absolute Gasteiger partial charge is 0.573 e. The third-order valence-electron chi connectivity index (χ3n) is 3.75. The molecule has 4 nitrogen and oxygen atoms in total. The topological polar surface area (TPSA) is 55.6 Å². The average molecular weight is 328 g/mol. The Bertz CT molecular complexity index is 587. The van der Waals surface area contributed by atoms with E-state index in [0.717, 1.165) is 6.42 Å². The zero-order valence-corrected chi connectivity index (χ0v) is 12.7. The summed E-state index contributed by atoms with van der Waals surface area (Å²) in [6.07, 6.45) is -0.729. The summed E-state index contributed by atoms with van der Waals surface area (Å²) in [4.78, 5) is 13.9. The Labute approximate surface area is 132 Å². The molecule has 1 fully saturated rings. The number of alkyl halides is 3. The number of benzene rings is 1. The molecule has 126 valence electrons. The molecule has 1 aromatic carbocycles. The van der Waals surface area contributed by atoms with Crippen LogP contribution in [-0.4, -0.2) is 35.8 Å². The van der Waals surface area contributed by atoms with E-state index < -0.39 is 6.36 Å². The molecule has 7 heteroatoms. The molecule has 1 heterocycles. The van der Waals surface area contributed by atoms with E-state index in [0.29, 0.717) is 13.0 Å². The van der Waals surface area contributed by atoms with Crippen LogP contribution < -0.4 is 10.5 Å². The number of halogens is 3. The SMILES string of the molecule is CC1CC(N)CCN1C(=O)C=Cc1ccccc1OC(F)(F)F. The lowest BCUT2D eigenvalue weighted by Gasteiger charge is -2.35. The van der Waals surface area contributed by atoms with Gasteiger partial charge in [-0.25, -0.2) is 0 Å². The molecule has 0 radical (unpaired) electrons. The third kappa shape index (κ3) is 4.99. The van der Waals surface area contributed by atoms with Crippen molar-refractivity contribution in [3.05, 3.63) is 35.9 Å². The van der Waals surface area contributed by atoms with Gasteiger partial charge >= 0.3 is 6.36 Å². The lowest BCUT2D eigenvalue weighted by atomic mass is 9.99. The van der Waals surface area contributed by atoms with Crippen molar-refractivity contribution >= 4 is 12.0 Å². The zero-order chi connectivity index (χ0) is 17.0. The van der Waals surface area contributed by atoms with Crippen LogP contribution in [0.5, 0.6) is 5.75 Å². The number of hydrogen-bond acceptors (Lipinski definition) is 3. The maximum Gasteiger partial charge on any atom is 0.573 e. The number of nitrogens with two attached hydrogens (primary N) is 1. The fourth-order valence-electron chi connectivity index (χ4n) is 2.63. The van der Waals surface area contributed by atoms with E-state index >= 15 is 0 Å². The molecule has 1 aromatic rings. The molecule has 0 saturated carbocycles. The van der Waals surface area contributed by atoms with E-state index in [1.54, 1.807) is 11.0 Å². The van der Waals surface area contributed by atoms with E-state index in [1.165, 1.54) is 30.4 Å². The summed E-state index contributed by atoms with van der Waals surface area (Å²) in [5.74, 6) is -0.580. The van der Waals surface area contributed by atoms with E-state index in [-0.39, 0.29) is 29.3 Å². The number of para-hydroxylation sites is 1. The van der Waals surface area contributed by atoms with Crippen molar-refractivity contribution in [2.24, 2.45) is 5.73 Å². The van der Waals surface area contributed by atoms with E-state index in [2.05, 4.69) is 4.74 Å². The van der Waals surface area contributed by atoms with Crippen LogP contribution in [0.25, 0.3) is 6.08 Å². The fourth-order valence-corrected chi connectivity index (χ4v) is 2.63. The monoisotopic (exact) mass is 328 g/mol. The molecule has 0 aromatic heterocycles. The summed E-state index contributed by atoms with van der Waals surface area (Å²) >= 11 is 0. The third-order valence-corrected chi connectivity index (χ3v) is 3.75. The van der Waals surface area contributed by atoms with Crippen molar-refractivity contribution in [1.82, 2.24) is 4.90 Å². The molecular formula is C16H19F3N2O2. The molecule has 23 heavy (non-hydrogen) atoms. The highest BCUT2D eigenvalue weighted by atomic mass is 19.4. The van der Waals surface area contributed by atoms with Gasteiger partial charge in [0.2, 0.25) is 5.91 Å². The van der Waals surface area contributed by atoms with Crippen LogP contribution in [0.1, 0.15) is 25.3 Å². The number of nitrogens with zero attached hydrogens (tertiary/aromatic N) is 1. The first-order valence-corrected chi connectivity index (χ1v) is 7.35. The smallest absolute Gasteiger partial charge is 0.405 e. The number of carbonyl (C=O) groups excluding carboxylic acids is 1. The summed E-state index contributed by atoms with van der Waals surface area (Å²) in [6, 6.07) is 5.78. The lowest BCUT2D eigenvalue weighted by Crippen LogP contribution is -2.47.